The molecular formula is C21H20N2O5. The van der Waals surface area contributed by atoms with Crippen LogP contribution in [-0.4, -0.2) is 23.6 Å². The number of hydrogen-bond acceptors (Lipinski definition) is 6. The summed E-state index contributed by atoms with van der Waals surface area (Å²) in [7, 11) is 0. The molecule has 0 spiro atoms. The number of amides is 1. The number of anilines is 2. The third kappa shape index (κ3) is 4.97. The molecule has 7 nitrogen and oxygen atoms in total. The van der Waals surface area contributed by atoms with Gasteiger partial charge in [-0.1, -0.05) is 36.4 Å². The van der Waals surface area contributed by atoms with Crippen LogP contribution in [0, 0.1) is 0 Å². The maximum atomic E-state index is 12.2. The van der Waals surface area contributed by atoms with Gasteiger partial charge in [0.2, 0.25) is 5.91 Å². The van der Waals surface area contributed by atoms with Gasteiger partial charge in [0.05, 0.1) is 6.42 Å². The Kier molecular flexibility index (Phi) is 5.44. The number of rotatable bonds is 5. The molecule has 3 rings (SSSR count). The first-order valence-corrected chi connectivity index (χ1v) is 8.70. The average Bonchev–Trinajstić information content (AvgIpc) is 2.61. The zero-order chi connectivity index (χ0) is 20.1. The van der Waals surface area contributed by atoms with Gasteiger partial charge < -0.3 is 20.1 Å². The predicted molar refractivity (Wildman–Crippen MR) is 103 cm³/mol. The van der Waals surface area contributed by atoms with Crippen molar-refractivity contribution in [3.8, 4) is 0 Å². The predicted octanol–water partition coefficient (Wildman–Crippen LogP) is 3.00. The van der Waals surface area contributed by atoms with E-state index in [1.807, 2.05) is 30.3 Å². The molecule has 1 aliphatic rings. The van der Waals surface area contributed by atoms with Gasteiger partial charge >= 0.3 is 11.9 Å². The lowest BCUT2D eigenvalue weighted by Crippen LogP contribution is -2.42. The minimum Gasteiger partial charge on any atom is -0.419 e. The second-order valence-electron chi connectivity index (χ2n) is 6.67. The summed E-state index contributed by atoms with van der Waals surface area (Å²) >= 11 is 0. The van der Waals surface area contributed by atoms with Crippen LogP contribution in [0.25, 0.3) is 0 Å². The van der Waals surface area contributed by atoms with Crippen LogP contribution in [0.5, 0.6) is 0 Å². The molecule has 1 amide bonds. The Balaban J connectivity index is 1.64. The van der Waals surface area contributed by atoms with Gasteiger partial charge in [-0.25, -0.2) is 9.59 Å². The summed E-state index contributed by atoms with van der Waals surface area (Å²) in [6, 6.07) is 16.3. The lowest BCUT2D eigenvalue weighted by molar-refractivity contribution is -0.222. The molecule has 28 heavy (non-hydrogen) atoms. The molecule has 144 valence electrons. The lowest BCUT2D eigenvalue weighted by Gasteiger charge is -2.29. The molecule has 0 radical (unpaired) electrons. The Morgan fingerprint density at radius 2 is 1.61 bits per heavy atom. The molecule has 1 heterocycles. The second-order valence-corrected chi connectivity index (χ2v) is 6.67. The molecule has 1 fully saturated rings. The van der Waals surface area contributed by atoms with Gasteiger partial charge in [0.25, 0.3) is 5.79 Å². The maximum Gasteiger partial charge on any atom is 0.350 e. The van der Waals surface area contributed by atoms with Crippen LogP contribution in [0.1, 0.15) is 19.4 Å². The largest absolute Gasteiger partial charge is 0.419 e. The first-order chi connectivity index (χ1) is 13.3. The zero-order valence-electron chi connectivity index (χ0n) is 15.5. The van der Waals surface area contributed by atoms with E-state index in [0.29, 0.717) is 11.4 Å². The van der Waals surface area contributed by atoms with E-state index in [2.05, 4.69) is 10.6 Å². The molecule has 0 atom stereocenters. The van der Waals surface area contributed by atoms with Crippen molar-refractivity contribution in [3.05, 3.63) is 71.9 Å². The first-order valence-electron chi connectivity index (χ1n) is 8.70. The summed E-state index contributed by atoms with van der Waals surface area (Å²) in [6.07, 6.45) is 1.49. The third-order valence-corrected chi connectivity index (χ3v) is 3.85. The van der Waals surface area contributed by atoms with Crippen LogP contribution in [0.4, 0.5) is 11.4 Å². The highest BCUT2D eigenvalue weighted by Crippen LogP contribution is 2.23. The van der Waals surface area contributed by atoms with Gasteiger partial charge in [0.15, 0.2) is 5.57 Å². The van der Waals surface area contributed by atoms with Gasteiger partial charge in [-0.2, -0.15) is 0 Å². The molecule has 0 aliphatic carbocycles. The van der Waals surface area contributed by atoms with Crippen molar-refractivity contribution in [2.45, 2.75) is 26.1 Å². The highest BCUT2D eigenvalue weighted by Gasteiger charge is 2.38. The topological polar surface area (TPSA) is 93.7 Å². The SMILES string of the molecule is CC1(C)OC(=O)C(=CNc2cccc(NC(=O)Cc3ccccc3)c2)C(=O)O1. The van der Waals surface area contributed by atoms with Gasteiger partial charge in [0.1, 0.15) is 0 Å². The number of carbonyl (C=O) groups excluding carboxylic acids is 3. The van der Waals surface area contributed by atoms with Gasteiger partial charge in [-0.3, -0.25) is 4.79 Å². The van der Waals surface area contributed by atoms with Crippen LogP contribution in [0.3, 0.4) is 0 Å². The molecule has 2 aromatic rings. The van der Waals surface area contributed by atoms with Crippen LogP contribution in [0.15, 0.2) is 66.4 Å². The summed E-state index contributed by atoms with van der Waals surface area (Å²) in [5.74, 6) is -2.96. The second kappa shape index (κ2) is 7.96. The number of nitrogens with one attached hydrogen (secondary N) is 2. The fraction of sp³-hybridized carbons (Fsp3) is 0.190. The molecule has 0 aromatic heterocycles. The molecule has 1 saturated heterocycles. The first kappa shape index (κ1) is 19.2. The third-order valence-electron chi connectivity index (χ3n) is 3.85. The molecule has 7 heteroatoms. The molecule has 0 bridgehead atoms. The Bertz CT molecular complexity index is 913. The van der Waals surface area contributed by atoms with E-state index in [-0.39, 0.29) is 17.9 Å². The highest BCUT2D eigenvalue weighted by atomic mass is 16.7. The average molecular weight is 380 g/mol. The van der Waals surface area contributed by atoms with Crippen molar-refractivity contribution >= 4 is 29.2 Å². The number of cyclic esters (lactones) is 2. The van der Waals surface area contributed by atoms with E-state index < -0.39 is 17.7 Å². The molecule has 0 saturated carbocycles. The monoisotopic (exact) mass is 380 g/mol. The van der Waals surface area contributed by atoms with Crippen molar-refractivity contribution in [3.63, 3.8) is 0 Å². The molecule has 1 aliphatic heterocycles. The minimum atomic E-state index is -1.28. The lowest BCUT2D eigenvalue weighted by atomic mass is 10.1. The summed E-state index contributed by atoms with van der Waals surface area (Å²) in [4.78, 5) is 36.1. The number of carbonyl (C=O) groups is 3. The quantitative estimate of drug-likeness (QED) is 0.471. The number of ether oxygens (including phenoxy) is 2. The van der Waals surface area contributed by atoms with Crippen LogP contribution < -0.4 is 10.6 Å². The van der Waals surface area contributed by atoms with E-state index >= 15 is 0 Å². The molecular weight excluding hydrogens is 360 g/mol. The summed E-state index contributed by atoms with van der Waals surface area (Å²) < 4.78 is 10.1. The Hall–Kier alpha value is -3.61. The zero-order valence-corrected chi connectivity index (χ0v) is 15.5. The van der Waals surface area contributed by atoms with Crippen molar-refractivity contribution in [2.75, 3.05) is 10.6 Å². The maximum absolute atomic E-state index is 12.2. The van der Waals surface area contributed by atoms with Gasteiger partial charge in [-0.15, -0.1) is 0 Å². The van der Waals surface area contributed by atoms with E-state index in [4.69, 9.17) is 9.47 Å². The summed E-state index contributed by atoms with van der Waals surface area (Å²) in [5, 5.41) is 5.67. The molecule has 2 N–H and O–H groups in total. The van der Waals surface area contributed by atoms with Crippen molar-refractivity contribution in [1.82, 2.24) is 0 Å². The molecule has 2 aromatic carbocycles. The van der Waals surface area contributed by atoms with E-state index in [9.17, 15) is 14.4 Å². The standard InChI is InChI=1S/C21H20N2O5/c1-21(2)27-19(25)17(20(26)28-21)13-22-15-9-6-10-16(12-15)23-18(24)11-14-7-4-3-5-8-14/h3-10,12-13,22H,11H2,1-2H3,(H,23,24). The Morgan fingerprint density at radius 3 is 2.29 bits per heavy atom. The smallest absolute Gasteiger partial charge is 0.350 e. The Morgan fingerprint density at radius 1 is 0.964 bits per heavy atom. The minimum absolute atomic E-state index is 0.150. The molecule has 0 unspecified atom stereocenters. The van der Waals surface area contributed by atoms with Crippen molar-refractivity contribution < 1.29 is 23.9 Å². The van der Waals surface area contributed by atoms with E-state index in [0.717, 1.165) is 5.56 Å². The van der Waals surface area contributed by atoms with Crippen molar-refractivity contribution in [2.24, 2.45) is 0 Å². The normalized spacial score (nSPS) is 15.3. The fourth-order valence-corrected chi connectivity index (χ4v) is 2.61. The van der Waals surface area contributed by atoms with Gasteiger partial charge in [-0.05, 0) is 23.8 Å². The Labute approximate surface area is 162 Å². The summed E-state index contributed by atoms with van der Waals surface area (Å²) in [6.45, 7) is 2.96. The van der Waals surface area contributed by atoms with E-state index in [1.54, 1.807) is 24.3 Å². The summed E-state index contributed by atoms with van der Waals surface area (Å²) in [5.41, 5.74) is 1.84. The van der Waals surface area contributed by atoms with Gasteiger partial charge in [0, 0.05) is 31.4 Å². The van der Waals surface area contributed by atoms with Crippen molar-refractivity contribution in [1.29, 1.82) is 0 Å². The number of benzene rings is 2. The number of esters is 2. The van der Waals surface area contributed by atoms with Crippen LogP contribution in [0.2, 0.25) is 0 Å². The number of hydrogen-bond donors (Lipinski definition) is 2. The van der Waals surface area contributed by atoms with E-state index in [1.165, 1.54) is 20.0 Å². The van der Waals surface area contributed by atoms with Crippen LogP contribution in [-0.2, 0) is 30.3 Å². The fourth-order valence-electron chi connectivity index (χ4n) is 2.61. The van der Waals surface area contributed by atoms with Crippen LogP contribution >= 0.6 is 0 Å². The highest BCUT2D eigenvalue weighted by molar-refractivity contribution is 6.15.